The normalized spacial score (nSPS) is 19.4. The Bertz CT molecular complexity index is 1120. The lowest BCUT2D eigenvalue weighted by Crippen LogP contribution is -2.56. The van der Waals surface area contributed by atoms with Gasteiger partial charge in [0.25, 0.3) is 5.91 Å². The van der Waals surface area contributed by atoms with Gasteiger partial charge in [-0.15, -0.1) is 0 Å². The Balaban J connectivity index is 1.77. The minimum absolute atomic E-state index is 0.0804. The molecule has 0 unspecified atom stereocenters. The Kier molecular flexibility index (Phi) is 5.59. The SMILES string of the molecule is CC(=O)N1c2ccc(-c3ccc(S(C)(=O)=O)cc3)cc2N(C(=O)C2NCCN2)C[C@@H]1C. The van der Waals surface area contributed by atoms with Gasteiger partial charge in [0.15, 0.2) is 9.84 Å². The first-order valence-electron chi connectivity index (χ1n) is 10.2. The van der Waals surface area contributed by atoms with E-state index in [1.807, 2.05) is 25.1 Å². The van der Waals surface area contributed by atoms with Crippen LogP contribution >= 0.6 is 0 Å². The summed E-state index contributed by atoms with van der Waals surface area (Å²) in [6, 6.07) is 12.1. The predicted molar refractivity (Wildman–Crippen MR) is 120 cm³/mol. The van der Waals surface area contributed by atoms with Gasteiger partial charge in [-0.25, -0.2) is 8.42 Å². The molecule has 1 fully saturated rings. The van der Waals surface area contributed by atoms with Crippen LogP contribution in [0.4, 0.5) is 11.4 Å². The van der Waals surface area contributed by atoms with Gasteiger partial charge >= 0.3 is 0 Å². The zero-order valence-corrected chi connectivity index (χ0v) is 18.6. The number of nitrogens with one attached hydrogen (secondary N) is 2. The number of hydrogen-bond donors (Lipinski definition) is 2. The second-order valence-corrected chi connectivity index (χ2v) is 10.0. The summed E-state index contributed by atoms with van der Waals surface area (Å²) in [5.41, 5.74) is 3.02. The van der Waals surface area contributed by atoms with Gasteiger partial charge in [-0.1, -0.05) is 18.2 Å². The maximum Gasteiger partial charge on any atom is 0.259 e. The second kappa shape index (κ2) is 8.07. The predicted octanol–water partition coefficient (Wildman–Crippen LogP) is 1.36. The van der Waals surface area contributed by atoms with E-state index in [1.54, 1.807) is 34.1 Å². The smallest absolute Gasteiger partial charge is 0.259 e. The molecule has 9 heteroatoms. The van der Waals surface area contributed by atoms with Gasteiger partial charge in [-0.2, -0.15) is 0 Å². The lowest BCUT2D eigenvalue weighted by molar-refractivity contribution is -0.121. The van der Waals surface area contributed by atoms with E-state index in [1.165, 1.54) is 13.2 Å². The summed E-state index contributed by atoms with van der Waals surface area (Å²) in [6.45, 7) is 5.28. The highest BCUT2D eigenvalue weighted by molar-refractivity contribution is 7.90. The van der Waals surface area contributed by atoms with Crippen molar-refractivity contribution in [2.75, 3.05) is 35.7 Å². The van der Waals surface area contributed by atoms with Crippen molar-refractivity contribution < 1.29 is 18.0 Å². The summed E-state index contributed by atoms with van der Waals surface area (Å²) < 4.78 is 23.5. The molecule has 164 valence electrons. The van der Waals surface area contributed by atoms with Crippen LogP contribution in [0.25, 0.3) is 11.1 Å². The van der Waals surface area contributed by atoms with E-state index in [0.717, 1.165) is 24.2 Å². The van der Waals surface area contributed by atoms with Crippen molar-refractivity contribution in [3.8, 4) is 11.1 Å². The molecule has 1 saturated heterocycles. The van der Waals surface area contributed by atoms with Crippen LogP contribution in [0.3, 0.4) is 0 Å². The highest BCUT2D eigenvalue weighted by Gasteiger charge is 2.37. The van der Waals surface area contributed by atoms with Gasteiger partial charge in [-0.05, 0) is 42.3 Å². The highest BCUT2D eigenvalue weighted by Crippen LogP contribution is 2.39. The molecule has 2 heterocycles. The number of amides is 2. The van der Waals surface area contributed by atoms with Crippen molar-refractivity contribution in [1.82, 2.24) is 10.6 Å². The minimum atomic E-state index is -3.28. The van der Waals surface area contributed by atoms with Crippen LogP contribution in [0.2, 0.25) is 0 Å². The van der Waals surface area contributed by atoms with Crippen LogP contribution < -0.4 is 20.4 Å². The van der Waals surface area contributed by atoms with Crippen LogP contribution in [0.1, 0.15) is 13.8 Å². The van der Waals surface area contributed by atoms with Gasteiger partial charge < -0.3 is 9.80 Å². The van der Waals surface area contributed by atoms with Crippen molar-refractivity contribution >= 4 is 33.0 Å². The molecule has 0 aliphatic carbocycles. The molecule has 1 atom stereocenters. The number of nitrogens with zero attached hydrogens (tertiary/aromatic N) is 2. The topological polar surface area (TPSA) is 98.8 Å². The Morgan fingerprint density at radius 2 is 1.58 bits per heavy atom. The van der Waals surface area contributed by atoms with Crippen molar-refractivity contribution in [1.29, 1.82) is 0 Å². The fourth-order valence-electron chi connectivity index (χ4n) is 4.22. The van der Waals surface area contributed by atoms with Crippen LogP contribution in [-0.4, -0.2) is 58.3 Å². The van der Waals surface area contributed by atoms with E-state index in [2.05, 4.69) is 10.6 Å². The number of fused-ring (bicyclic) bond motifs is 1. The average Bonchev–Trinajstić information content (AvgIpc) is 3.26. The van der Waals surface area contributed by atoms with Gasteiger partial charge in [0.05, 0.1) is 22.3 Å². The van der Waals surface area contributed by atoms with E-state index >= 15 is 0 Å². The summed E-state index contributed by atoms with van der Waals surface area (Å²) >= 11 is 0. The number of carbonyl (C=O) groups excluding carboxylic acids is 2. The molecule has 2 aliphatic rings. The first-order chi connectivity index (χ1) is 14.7. The molecule has 31 heavy (non-hydrogen) atoms. The molecule has 0 aromatic heterocycles. The second-order valence-electron chi connectivity index (χ2n) is 8.03. The standard InChI is InChI=1S/C22H26N4O4S/c1-14-13-25(22(28)21-23-10-11-24-21)20-12-17(6-9-19(20)26(14)15(2)27)16-4-7-18(8-5-16)31(3,29)30/h4-9,12,14,21,23-24H,10-11,13H2,1-3H3/t14-/m0/s1. The van der Waals surface area contributed by atoms with E-state index in [9.17, 15) is 18.0 Å². The van der Waals surface area contributed by atoms with E-state index in [4.69, 9.17) is 0 Å². The molecule has 2 aromatic carbocycles. The molecule has 0 saturated carbocycles. The molecule has 2 aliphatic heterocycles. The molecule has 8 nitrogen and oxygen atoms in total. The molecule has 2 N–H and O–H groups in total. The molecule has 0 radical (unpaired) electrons. The number of sulfone groups is 1. The quantitative estimate of drug-likeness (QED) is 0.745. The maximum atomic E-state index is 13.2. The van der Waals surface area contributed by atoms with Gasteiger partial charge in [0.1, 0.15) is 6.17 Å². The lowest BCUT2D eigenvalue weighted by atomic mass is 10.0. The van der Waals surface area contributed by atoms with E-state index < -0.39 is 16.0 Å². The zero-order chi connectivity index (χ0) is 22.3. The summed E-state index contributed by atoms with van der Waals surface area (Å²) in [4.78, 5) is 29.2. The fraction of sp³-hybridized carbons (Fsp3) is 0.364. The van der Waals surface area contributed by atoms with Crippen molar-refractivity contribution in [3.63, 3.8) is 0 Å². The highest BCUT2D eigenvalue weighted by atomic mass is 32.2. The molecular formula is C22H26N4O4S. The molecule has 2 amide bonds. The van der Waals surface area contributed by atoms with Crippen molar-refractivity contribution in [3.05, 3.63) is 42.5 Å². The average molecular weight is 443 g/mol. The summed E-state index contributed by atoms with van der Waals surface area (Å²) in [7, 11) is -3.28. The van der Waals surface area contributed by atoms with Gasteiger partial charge in [0.2, 0.25) is 5.91 Å². The third-order valence-corrected chi connectivity index (χ3v) is 6.83. The maximum absolute atomic E-state index is 13.2. The van der Waals surface area contributed by atoms with Crippen molar-refractivity contribution in [2.24, 2.45) is 0 Å². The third kappa shape index (κ3) is 4.08. The van der Waals surface area contributed by atoms with Crippen LogP contribution in [0, 0.1) is 0 Å². The minimum Gasteiger partial charge on any atom is -0.306 e. The van der Waals surface area contributed by atoms with E-state index in [-0.39, 0.29) is 22.8 Å². The number of carbonyl (C=O) groups is 2. The Morgan fingerprint density at radius 3 is 2.16 bits per heavy atom. The monoisotopic (exact) mass is 442 g/mol. The Hall–Kier alpha value is -2.75. The summed E-state index contributed by atoms with van der Waals surface area (Å²) in [5, 5.41) is 6.32. The molecule has 4 rings (SSSR count). The fourth-order valence-corrected chi connectivity index (χ4v) is 4.85. The summed E-state index contributed by atoms with van der Waals surface area (Å²) in [5.74, 6) is -0.165. The number of anilines is 2. The lowest BCUT2D eigenvalue weighted by Gasteiger charge is -2.41. The van der Waals surface area contributed by atoms with Gasteiger partial charge in [-0.3, -0.25) is 20.2 Å². The largest absolute Gasteiger partial charge is 0.306 e. The van der Waals surface area contributed by atoms with Crippen LogP contribution in [0.5, 0.6) is 0 Å². The Morgan fingerprint density at radius 1 is 0.968 bits per heavy atom. The summed E-state index contributed by atoms with van der Waals surface area (Å²) in [6.07, 6.45) is 0.717. The van der Waals surface area contributed by atoms with Gasteiger partial charge in [0, 0.05) is 32.8 Å². The first-order valence-corrected chi connectivity index (χ1v) is 12.1. The molecular weight excluding hydrogens is 416 g/mol. The third-order valence-electron chi connectivity index (χ3n) is 5.70. The number of hydrogen-bond acceptors (Lipinski definition) is 6. The van der Waals surface area contributed by atoms with Crippen LogP contribution in [0.15, 0.2) is 47.4 Å². The molecule has 0 spiro atoms. The van der Waals surface area contributed by atoms with Crippen LogP contribution in [-0.2, 0) is 19.4 Å². The van der Waals surface area contributed by atoms with Crippen molar-refractivity contribution in [2.45, 2.75) is 31.0 Å². The molecule has 2 aromatic rings. The molecule has 0 bridgehead atoms. The number of rotatable bonds is 3. The Labute approximate surface area is 182 Å². The number of benzene rings is 2. The zero-order valence-electron chi connectivity index (χ0n) is 17.8. The van der Waals surface area contributed by atoms with E-state index in [0.29, 0.717) is 17.9 Å². The first kappa shape index (κ1) is 21.5.